The number of nitrogens with one attached hydrogen (secondary N) is 1. The lowest BCUT2D eigenvalue weighted by molar-refractivity contribution is 0.100. The van der Waals surface area contributed by atoms with E-state index in [1.807, 2.05) is 48.5 Å². The number of rotatable bonds is 6. The lowest BCUT2D eigenvalue weighted by Crippen LogP contribution is -2.11. The number of Topliss-reactive ketones (excluding diaryl/α,β-unsaturated/α-hetero) is 1. The topological polar surface area (TPSA) is 76.1 Å². The Morgan fingerprint density at radius 1 is 0.742 bits per heavy atom. The number of anilines is 1. The van der Waals surface area contributed by atoms with Crippen molar-refractivity contribution in [1.29, 1.82) is 0 Å². The largest absolute Gasteiger partial charge is 0.298 e. The monoisotopic (exact) mass is 426 g/mol. The summed E-state index contributed by atoms with van der Waals surface area (Å²) in [5.41, 5.74) is 2.82. The molecule has 0 unspecified atom stereocenters. The highest BCUT2D eigenvalue weighted by Gasteiger charge is 2.22. The number of hydrogen-bond donors (Lipinski definition) is 1. The van der Waals surface area contributed by atoms with Gasteiger partial charge in [-0.25, -0.2) is 4.98 Å². The van der Waals surface area contributed by atoms with Crippen LogP contribution in [0.3, 0.4) is 0 Å². The lowest BCUT2D eigenvalue weighted by atomic mass is 10.1. The summed E-state index contributed by atoms with van der Waals surface area (Å²) in [7, 11) is 0. The molecule has 0 fully saturated rings. The molecule has 0 aliphatic heterocycles. The fraction of sp³-hybridized carbons (Fsp3) is 0.0400. The molecule has 0 aliphatic rings. The molecule has 1 heterocycles. The number of nitrogens with zero attached hydrogens (tertiary/aromatic N) is 1. The van der Waals surface area contributed by atoms with Gasteiger partial charge in [0.15, 0.2) is 10.9 Å². The van der Waals surface area contributed by atoms with Crippen molar-refractivity contribution in [2.75, 3.05) is 5.32 Å². The number of carbonyl (C=O) groups is 3. The minimum absolute atomic E-state index is 0.0662. The summed E-state index contributed by atoms with van der Waals surface area (Å²) >= 11 is 1.14. The molecule has 1 N–H and O–H groups in total. The van der Waals surface area contributed by atoms with E-state index in [0.29, 0.717) is 32.4 Å². The molecule has 4 aromatic rings. The van der Waals surface area contributed by atoms with Crippen molar-refractivity contribution in [2.45, 2.75) is 6.92 Å². The maximum atomic E-state index is 13.1. The minimum atomic E-state index is -0.359. The smallest absolute Gasteiger partial charge is 0.257 e. The van der Waals surface area contributed by atoms with Gasteiger partial charge in [0.1, 0.15) is 4.88 Å². The number of ketones is 2. The van der Waals surface area contributed by atoms with Gasteiger partial charge in [0.05, 0.1) is 5.69 Å². The highest BCUT2D eigenvalue weighted by Crippen LogP contribution is 2.33. The summed E-state index contributed by atoms with van der Waals surface area (Å²) in [5, 5.41) is 3.11. The zero-order chi connectivity index (χ0) is 21.8. The van der Waals surface area contributed by atoms with Crippen LogP contribution < -0.4 is 5.32 Å². The first-order chi connectivity index (χ1) is 15.0. The van der Waals surface area contributed by atoms with E-state index >= 15 is 0 Å². The molecular weight excluding hydrogens is 408 g/mol. The molecule has 0 atom stereocenters. The number of amides is 1. The van der Waals surface area contributed by atoms with Gasteiger partial charge in [0.25, 0.3) is 5.91 Å². The first-order valence-corrected chi connectivity index (χ1v) is 10.4. The molecule has 5 nitrogen and oxygen atoms in total. The Morgan fingerprint density at radius 2 is 1.32 bits per heavy atom. The molecular formula is C25H18N2O3S. The van der Waals surface area contributed by atoms with E-state index in [2.05, 4.69) is 10.3 Å². The second-order valence-corrected chi connectivity index (χ2v) is 7.84. The van der Waals surface area contributed by atoms with Crippen molar-refractivity contribution in [3.63, 3.8) is 0 Å². The quantitative estimate of drug-likeness (QED) is 0.413. The minimum Gasteiger partial charge on any atom is -0.298 e. The van der Waals surface area contributed by atoms with E-state index in [4.69, 9.17) is 0 Å². The molecule has 0 saturated carbocycles. The predicted molar refractivity (Wildman–Crippen MR) is 122 cm³/mol. The molecule has 6 heteroatoms. The molecule has 0 spiro atoms. The van der Waals surface area contributed by atoms with Gasteiger partial charge in [-0.2, -0.15) is 0 Å². The van der Waals surface area contributed by atoms with Crippen LogP contribution in [0.4, 0.5) is 5.13 Å². The van der Waals surface area contributed by atoms with Crippen molar-refractivity contribution in [3.05, 3.63) is 106 Å². The lowest BCUT2D eigenvalue weighted by Gasteiger charge is -2.02. The maximum absolute atomic E-state index is 13.1. The number of benzene rings is 3. The standard InChI is InChI=1S/C25H18N2O3S/c1-16(28)17-12-14-20(15-13-17)24(30)27-25-26-21(18-8-4-2-5-9-18)23(31-25)22(29)19-10-6-3-7-11-19/h2-15H,1H3,(H,26,27,30). The molecule has 31 heavy (non-hydrogen) atoms. The van der Waals surface area contributed by atoms with Gasteiger partial charge >= 0.3 is 0 Å². The van der Waals surface area contributed by atoms with Crippen molar-refractivity contribution in [2.24, 2.45) is 0 Å². The van der Waals surface area contributed by atoms with E-state index in [0.717, 1.165) is 16.9 Å². The molecule has 1 amide bonds. The third-order valence-corrected chi connectivity index (χ3v) is 5.66. The Kier molecular flexibility index (Phi) is 5.82. The van der Waals surface area contributed by atoms with Crippen LogP contribution in [-0.2, 0) is 0 Å². The van der Waals surface area contributed by atoms with Crippen LogP contribution in [0.5, 0.6) is 0 Å². The summed E-state index contributed by atoms with van der Waals surface area (Å²) in [5.74, 6) is -0.575. The van der Waals surface area contributed by atoms with Crippen LogP contribution in [0.2, 0.25) is 0 Å². The normalized spacial score (nSPS) is 10.5. The Balaban J connectivity index is 1.67. The van der Waals surface area contributed by atoms with Gasteiger partial charge in [-0.05, 0) is 19.1 Å². The summed E-state index contributed by atoms with van der Waals surface area (Å²) in [6.45, 7) is 1.47. The number of thiazole rings is 1. The molecule has 0 radical (unpaired) electrons. The third-order valence-electron chi connectivity index (χ3n) is 4.69. The van der Waals surface area contributed by atoms with Crippen LogP contribution in [-0.4, -0.2) is 22.5 Å². The summed E-state index contributed by atoms with van der Waals surface area (Å²) in [4.78, 5) is 42.3. The Morgan fingerprint density at radius 3 is 1.94 bits per heavy atom. The van der Waals surface area contributed by atoms with Gasteiger partial charge in [-0.15, -0.1) is 0 Å². The van der Waals surface area contributed by atoms with E-state index < -0.39 is 0 Å². The first kappa shape index (κ1) is 20.4. The van der Waals surface area contributed by atoms with Crippen molar-refractivity contribution < 1.29 is 14.4 Å². The number of hydrogen-bond acceptors (Lipinski definition) is 5. The molecule has 152 valence electrons. The molecule has 1 aromatic heterocycles. The molecule has 4 rings (SSSR count). The summed E-state index contributed by atoms with van der Waals surface area (Å²) in [6, 6.07) is 24.8. The Hall–Kier alpha value is -3.90. The van der Waals surface area contributed by atoms with Crippen LogP contribution in [0.25, 0.3) is 11.3 Å². The fourth-order valence-corrected chi connectivity index (χ4v) is 4.01. The third kappa shape index (κ3) is 4.49. The Labute approximate surface area is 183 Å². The number of carbonyl (C=O) groups excluding carboxylic acids is 3. The van der Waals surface area contributed by atoms with Gasteiger partial charge in [-0.3, -0.25) is 19.7 Å². The fourth-order valence-electron chi connectivity index (χ4n) is 3.07. The van der Waals surface area contributed by atoms with Crippen LogP contribution in [0.15, 0.2) is 84.9 Å². The van der Waals surface area contributed by atoms with Gasteiger partial charge in [0, 0.05) is 22.3 Å². The van der Waals surface area contributed by atoms with Crippen molar-refractivity contribution >= 4 is 33.9 Å². The van der Waals surface area contributed by atoms with E-state index in [1.165, 1.54) is 6.92 Å². The van der Waals surface area contributed by atoms with Crippen molar-refractivity contribution in [3.8, 4) is 11.3 Å². The summed E-state index contributed by atoms with van der Waals surface area (Å²) in [6.07, 6.45) is 0. The van der Waals surface area contributed by atoms with Crippen molar-refractivity contribution in [1.82, 2.24) is 4.98 Å². The van der Waals surface area contributed by atoms with Gasteiger partial charge in [-0.1, -0.05) is 84.1 Å². The summed E-state index contributed by atoms with van der Waals surface area (Å²) < 4.78 is 0. The highest BCUT2D eigenvalue weighted by molar-refractivity contribution is 7.18. The molecule has 0 saturated heterocycles. The maximum Gasteiger partial charge on any atom is 0.257 e. The molecule has 3 aromatic carbocycles. The molecule has 0 bridgehead atoms. The van der Waals surface area contributed by atoms with E-state index in [9.17, 15) is 14.4 Å². The second kappa shape index (κ2) is 8.85. The zero-order valence-corrected chi connectivity index (χ0v) is 17.5. The van der Waals surface area contributed by atoms with E-state index in [-0.39, 0.29) is 17.5 Å². The van der Waals surface area contributed by atoms with Gasteiger partial charge in [0.2, 0.25) is 5.78 Å². The first-order valence-electron chi connectivity index (χ1n) is 9.61. The SMILES string of the molecule is CC(=O)c1ccc(C(=O)Nc2nc(-c3ccccc3)c(C(=O)c3ccccc3)s2)cc1. The average Bonchev–Trinajstić information content (AvgIpc) is 3.23. The molecule has 0 aliphatic carbocycles. The van der Waals surface area contributed by atoms with Crippen LogP contribution in [0.1, 0.15) is 42.9 Å². The van der Waals surface area contributed by atoms with E-state index in [1.54, 1.807) is 36.4 Å². The average molecular weight is 426 g/mol. The highest BCUT2D eigenvalue weighted by atomic mass is 32.1. The van der Waals surface area contributed by atoms with Crippen LogP contribution in [0, 0.1) is 0 Å². The predicted octanol–water partition coefficient (Wildman–Crippen LogP) is 5.50. The van der Waals surface area contributed by atoms with Gasteiger partial charge < -0.3 is 0 Å². The Bertz CT molecular complexity index is 1250. The van der Waals surface area contributed by atoms with Crippen LogP contribution >= 0.6 is 11.3 Å². The zero-order valence-electron chi connectivity index (χ0n) is 16.7. The number of aromatic nitrogens is 1. The second-order valence-electron chi connectivity index (χ2n) is 6.85.